The Hall–Kier alpha value is -1.69. The molecule has 4 rings (SSSR count). The number of hydrogen-bond acceptors (Lipinski definition) is 4. The highest BCUT2D eigenvalue weighted by molar-refractivity contribution is 5.31. The number of aromatic nitrogens is 2. The summed E-state index contributed by atoms with van der Waals surface area (Å²) in [6.07, 6.45) is 6.87. The minimum absolute atomic E-state index is 0.137. The van der Waals surface area contributed by atoms with Crippen LogP contribution in [0.2, 0.25) is 0 Å². The van der Waals surface area contributed by atoms with Crippen LogP contribution in [0.5, 0.6) is 0 Å². The van der Waals surface area contributed by atoms with Crippen molar-refractivity contribution < 1.29 is 9.84 Å². The van der Waals surface area contributed by atoms with E-state index in [0.29, 0.717) is 19.2 Å². The van der Waals surface area contributed by atoms with Gasteiger partial charge in [-0.1, -0.05) is 24.3 Å². The van der Waals surface area contributed by atoms with Crippen LogP contribution in [-0.2, 0) is 11.2 Å². The second kappa shape index (κ2) is 7.05. The molecule has 1 aromatic heterocycles. The summed E-state index contributed by atoms with van der Waals surface area (Å²) in [6.45, 7) is 2.98. The van der Waals surface area contributed by atoms with E-state index in [4.69, 9.17) is 4.74 Å². The molecule has 0 radical (unpaired) electrons. The van der Waals surface area contributed by atoms with Crippen LogP contribution in [0.4, 0.5) is 0 Å². The van der Waals surface area contributed by atoms with Gasteiger partial charge in [0.15, 0.2) is 0 Å². The summed E-state index contributed by atoms with van der Waals surface area (Å²) in [7, 11) is 0. The fourth-order valence-corrected chi connectivity index (χ4v) is 3.82. The van der Waals surface area contributed by atoms with E-state index in [2.05, 4.69) is 34.3 Å². The first-order valence-corrected chi connectivity index (χ1v) is 8.88. The lowest BCUT2D eigenvalue weighted by Gasteiger charge is -2.40. The Morgan fingerprint density at radius 3 is 2.96 bits per heavy atom. The Balaban J connectivity index is 1.23. The van der Waals surface area contributed by atoms with E-state index >= 15 is 0 Å². The molecule has 24 heavy (non-hydrogen) atoms. The largest absolute Gasteiger partial charge is 0.389 e. The predicted octanol–water partition coefficient (Wildman–Crippen LogP) is 2.19. The average Bonchev–Trinajstić information content (AvgIpc) is 3.09. The van der Waals surface area contributed by atoms with Crippen molar-refractivity contribution in [1.82, 2.24) is 14.7 Å². The number of aliphatic hydroxyl groups excluding tert-OH is 1. The van der Waals surface area contributed by atoms with Gasteiger partial charge in [-0.25, -0.2) is 0 Å². The van der Waals surface area contributed by atoms with Crippen molar-refractivity contribution in [2.75, 3.05) is 26.2 Å². The van der Waals surface area contributed by atoms with Crippen LogP contribution in [0, 0.1) is 0 Å². The first-order valence-electron chi connectivity index (χ1n) is 8.88. The molecule has 1 saturated heterocycles. The Labute approximate surface area is 142 Å². The van der Waals surface area contributed by atoms with E-state index < -0.39 is 6.10 Å². The van der Waals surface area contributed by atoms with Crippen LogP contribution in [-0.4, -0.2) is 52.1 Å². The molecule has 0 bridgehead atoms. The van der Waals surface area contributed by atoms with Crippen molar-refractivity contribution in [2.24, 2.45) is 0 Å². The Morgan fingerprint density at radius 1 is 1.25 bits per heavy atom. The number of aryl methyl sites for hydroxylation is 1. The van der Waals surface area contributed by atoms with Crippen molar-refractivity contribution in [1.29, 1.82) is 0 Å². The molecule has 2 atom stereocenters. The van der Waals surface area contributed by atoms with Crippen LogP contribution in [0.3, 0.4) is 0 Å². The van der Waals surface area contributed by atoms with Crippen molar-refractivity contribution in [2.45, 2.75) is 37.5 Å². The van der Waals surface area contributed by atoms with Gasteiger partial charge in [-0.3, -0.25) is 9.58 Å². The van der Waals surface area contributed by atoms with E-state index in [0.717, 1.165) is 32.4 Å². The maximum Gasteiger partial charge on any atom is 0.0900 e. The maximum absolute atomic E-state index is 10.3. The highest BCUT2D eigenvalue weighted by Crippen LogP contribution is 2.32. The highest BCUT2D eigenvalue weighted by atomic mass is 16.5. The van der Waals surface area contributed by atoms with Gasteiger partial charge in [-0.05, 0) is 36.5 Å². The molecule has 0 unspecified atom stereocenters. The lowest BCUT2D eigenvalue weighted by atomic mass is 9.89. The van der Waals surface area contributed by atoms with Gasteiger partial charge in [0.25, 0.3) is 0 Å². The second-order valence-corrected chi connectivity index (χ2v) is 6.93. The molecule has 5 nitrogen and oxygen atoms in total. The van der Waals surface area contributed by atoms with Crippen molar-refractivity contribution in [3.8, 4) is 0 Å². The molecule has 0 amide bonds. The third-order valence-electron chi connectivity index (χ3n) is 5.11. The molecule has 1 fully saturated rings. The zero-order chi connectivity index (χ0) is 16.4. The van der Waals surface area contributed by atoms with Crippen LogP contribution in [0.25, 0.3) is 0 Å². The first kappa shape index (κ1) is 15.8. The smallest absolute Gasteiger partial charge is 0.0900 e. The SMILES string of the molecule is O[C@@H](CO[C@@H]1CCCc2ccccc21)CN1CC(n2cccn2)C1. The number of likely N-dealkylation sites (tertiary alicyclic amines) is 1. The van der Waals surface area contributed by atoms with Gasteiger partial charge in [0.2, 0.25) is 0 Å². The third kappa shape index (κ3) is 3.38. The minimum atomic E-state index is -0.433. The molecule has 5 heteroatoms. The fraction of sp³-hybridized carbons (Fsp3) is 0.526. The van der Waals surface area contributed by atoms with E-state index in [-0.39, 0.29) is 6.10 Å². The summed E-state index contributed by atoms with van der Waals surface area (Å²) in [4.78, 5) is 2.26. The summed E-state index contributed by atoms with van der Waals surface area (Å²) >= 11 is 0. The monoisotopic (exact) mass is 327 g/mol. The minimum Gasteiger partial charge on any atom is -0.389 e. The zero-order valence-corrected chi connectivity index (χ0v) is 13.9. The second-order valence-electron chi connectivity index (χ2n) is 6.93. The molecule has 2 aliphatic rings. The number of hydrogen-bond donors (Lipinski definition) is 1. The number of β-amino-alcohol motifs (C(OH)–C–C–N with tert-alkyl or cyclic N) is 1. The number of aliphatic hydroxyl groups is 1. The molecule has 2 heterocycles. The Bertz CT molecular complexity index is 652. The molecule has 1 aromatic carbocycles. The Kier molecular flexibility index (Phi) is 4.65. The van der Waals surface area contributed by atoms with Crippen molar-refractivity contribution in [3.05, 3.63) is 53.9 Å². The zero-order valence-electron chi connectivity index (χ0n) is 13.9. The quantitative estimate of drug-likeness (QED) is 0.884. The normalized spacial score (nSPS) is 22.8. The first-order chi connectivity index (χ1) is 11.8. The molecule has 1 aliphatic carbocycles. The lowest BCUT2D eigenvalue weighted by molar-refractivity contribution is -0.0409. The maximum atomic E-state index is 10.3. The molecule has 0 spiro atoms. The van der Waals surface area contributed by atoms with Crippen molar-refractivity contribution in [3.63, 3.8) is 0 Å². The van der Waals surface area contributed by atoms with Crippen LogP contribution < -0.4 is 0 Å². The van der Waals surface area contributed by atoms with E-state index in [9.17, 15) is 5.11 Å². The van der Waals surface area contributed by atoms with Gasteiger partial charge < -0.3 is 9.84 Å². The highest BCUT2D eigenvalue weighted by Gasteiger charge is 2.30. The fourth-order valence-electron chi connectivity index (χ4n) is 3.82. The Morgan fingerprint density at radius 2 is 2.12 bits per heavy atom. The summed E-state index contributed by atoms with van der Waals surface area (Å²) in [5.41, 5.74) is 2.70. The van der Waals surface area contributed by atoms with E-state index in [1.807, 2.05) is 23.1 Å². The lowest BCUT2D eigenvalue weighted by Crippen LogP contribution is -2.51. The van der Waals surface area contributed by atoms with E-state index in [1.165, 1.54) is 11.1 Å². The van der Waals surface area contributed by atoms with Crippen LogP contribution >= 0.6 is 0 Å². The molecule has 1 N–H and O–H groups in total. The predicted molar refractivity (Wildman–Crippen MR) is 91.8 cm³/mol. The van der Waals surface area contributed by atoms with Gasteiger partial charge >= 0.3 is 0 Å². The number of benzene rings is 1. The summed E-state index contributed by atoms with van der Waals surface area (Å²) in [5.74, 6) is 0. The van der Waals surface area contributed by atoms with Crippen LogP contribution in [0.1, 0.15) is 36.1 Å². The van der Waals surface area contributed by atoms with Gasteiger partial charge in [0.05, 0.1) is 24.9 Å². The number of ether oxygens (including phenoxy) is 1. The molecular weight excluding hydrogens is 302 g/mol. The summed E-state index contributed by atoms with van der Waals surface area (Å²) in [5, 5.41) is 14.6. The third-order valence-corrected chi connectivity index (χ3v) is 5.11. The topological polar surface area (TPSA) is 50.5 Å². The van der Waals surface area contributed by atoms with Gasteiger partial charge in [-0.2, -0.15) is 5.10 Å². The number of rotatable bonds is 6. The average molecular weight is 327 g/mol. The van der Waals surface area contributed by atoms with Gasteiger partial charge in [-0.15, -0.1) is 0 Å². The van der Waals surface area contributed by atoms with Crippen molar-refractivity contribution >= 4 is 0 Å². The number of fused-ring (bicyclic) bond motifs is 1. The van der Waals surface area contributed by atoms with E-state index in [1.54, 1.807) is 0 Å². The molecule has 128 valence electrons. The van der Waals surface area contributed by atoms with Crippen LogP contribution in [0.15, 0.2) is 42.7 Å². The molecule has 1 aliphatic heterocycles. The number of nitrogens with zero attached hydrogens (tertiary/aromatic N) is 3. The standard InChI is InChI=1S/C19H25N3O2/c23-17(13-21-11-16(12-21)22-10-4-9-20-22)14-24-19-8-3-6-15-5-1-2-7-18(15)19/h1-2,4-5,7,9-10,16-17,19,23H,3,6,8,11-14H2/t17-,19-/m1/s1. The summed E-state index contributed by atoms with van der Waals surface area (Å²) < 4.78 is 8.04. The summed E-state index contributed by atoms with van der Waals surface area (Å²) in [6, 6.07) is 10.9. The molecular formula is C19H25N3O2. The molecule has 0 saturated carbocycles. The molecule has 2 aromatic rings. The van der Waals surface area contributed by atoms with Gasteiger partial charge in [0, 0.05) is 32.0 Å². The van der Waals surface area contributed by atoms with Gasteiger partial charge in [0.1, 0.15) is 0 Å².